The molecular weight excluding hydrogens is 398 g/mol. The fraction of sp³-hybridized carbons (Fsp3) is 0.273. The zero-order chi connectivity index (χ0) is 21.3. The van der Waals surface area contributed by atoms with Crippen LogP contribution in [0.15, 0.2) is 65.8 Å². The molecule has 30 heavy (non-hydrogen) atoms. The minimum Gasteiger partial charge on any atom is -0.370 e. The maximum absolute atomic E-state index is 12.9. The second-order valence-corrected chi connectivity index (χ2v) is 7.63. The first-order valence-electron chi connectivity index (χ1n) is 9.81. The molecule has 0 saturated heterocycles. The molecule has 0 aliphatic rings. The van der Waals surface area contributed by atoms with Gasteiger partial charge in [0.05, 0.1) is 5.75 Å². The van der Waals surface area contributed by atoms with Crippen LogP contribution in [0.4, 0.5) is 5.69 Å². The molecule has 0 radical (unpaired) electrons. The summed E-state index contributed by atoms with van der Waals surface area (Å²) in [6.45, 7) is 3.00. The van der Waals surface area contributed by atoms with Crippen molar-refractivity contribution in [2.24, 2.45) is 5.73 Å². The summed E-state index contributed by atoms with van der Waals surface area (Å²) in [6, 6.07) is 19.4. The van der Waals surface area contributed by atoms with Gasteiger partial charge in [0.25, 0.3) is 0 Å². The number of amides is 2. The van der Waals surface area contributed by atoms with Crippen molar-refractivity contribution in [3.8, 4) is 0 Å². The summed E-state index contributed by atoms with van der Waals surface area (Å²) in [4.78, 5) is 25.7. The minimum absolute atomic E-state index is 0.109. The van der Waals surface area contributed by atoms with Crippen molar-refractivity contribution < 1.29 is 9.59 Å². The Labute approximate surface area is 180 Å². The lowest BCUT2D eigenvalue weighted by atomic mass is 10.1. The zero-order valence-corrected chi connectivity index (χ0v) is 17.7. The minimum atomic E-state index is -0.437. The van der Waals surface area contributed by atoms with Gasteiger partial charge >= 0.3 is 0 Å². The molecule has 3 rings (SSSR count). The van der Waals surface area contributed by atoms with Gasteiger partial charge in [-0.1, -0.05) is 60.3 Å². The second-order valence-electron chi connectivity index (χ2n) is 6.69. The maximum Gasteiger partial charge on any atom is 0.237 e. The molecule has 0 aliphatic carbocycles. The fourth-order valence-corrected chi connectivity index (χ4v) is 3.98. The van der Waals surface area contributed by atoms with Gasteiger partial charge in [-0.25, -0.2) is 0 Å². The van der Waals surface area contributed by atoms with E-state index in [1.807, 2.05) is 60.0 Å². The molecule has 2 amide bonds. The van der Waals surface area contributed by atoms with E-state index in [1.165, 1.54) is 11.8 Å². The number of hydrogen-bond donors (Lipinski definition) is 1. The Morgan fingerprint density at radius 2 is 1.70 bits per heavy atom. The number of carbonyl (C=O) groups excluding carboxylic acids is 2. The van der Waals surface area contributed by atoms with Gasteiger partial charge in [-0.2, -0.15) is 0 Å². The van der Waals surface area contributed by atoms with E-state index < -0.39 is 5.91 Å². The molecule has 0 aliphatic heterocycles. The van der Waals surface area contributed by atoms with Crippen molar-refractivity contribution in [3.05, 3.63) is 72.1 Å². The number of thioether (sulfide) groups is 1. The highest BCUT2D eigenvalue weighted by Crippen LogP contribution is 2.21. The van der Waals surface area contributed by atoms with E-state index in [9.17, 15) is 9.59 Å². The van der Waals surface area contributed by atoms with Gasteiger partial charge in [0.1, 0.15) is 5.82 Å². The predicted molar refractivity (Wildman–Crippen MR) is 118 cm³/mol. The second kappa shape index (κ2) is 10.6. The van der Waals surface area contributed by atoms with Crippen LogP contribution in [0.2, 0.25) is 0 Å². The smallest absolute Gasteiger partial charge is 0.237 e. The molecule has 0 saturated carbocycles. The van der Waals surface area contributed by atoms with Crippen LogP contribution in [0.1, 0.15) is 24.7 Å². The third kappa shape index (κ3) is 5.70. The van der Waals surface area contributed by atoms with Gasteiger partial charge in [0.2, 0.25) is 11.8 Å². The molecule has 3 aromatic rings. The highest BCUT2D eigenvalue weighted by molar-refractivity contribution is 7.99. The first-order chi connectivity index (χ1) is 14.6. The van der Waals surface area contributed by atoms with Crippen LogP contribution >= 0.6 is 11.8 Å². The van der Waals surface area contributed by atoms with E-state index in [2.05, 4.69) is 22.3 Å². The highest BCUT2D eigenvalue weighted by Gasteiger charge is 2.19. The summed E-state index contributed by atoms with van der Waals surface area (Å²) in [7, 11) is 0. The Morgan fingerprint density at radius 1 is 1.03 bits per heavy atom. The van der Waals surface area contributed by atoms with Crippen LogP contribution < -0.4 is 10.6 Å². The number of aromatic nitrogens is 3. The number of primary amides is 1. The SMILES string of the molecule is CCn1c(Cc2ccccc2)nnc1SCC(=O)N(CCC(N)=O)c1ccccc1. The molecule has 7 nitrogen and oxygen atoms in total. The molecule has 8 heteroatoms. The van der Waals surface area contributed by atoms with Gasteiger partial charge in [0, 0.05) is 31.6 Å². The molecule has 0 fully saturated rings. The Bertz CT molecular complexity index is 976. The molecule has 156 valence electrons. The molecule has 0 atom stereocenters. The Morgan fingerprint density at radius 3 is 2.33 bits per heavy atom. The van der Waals surface area contributed by atoms with Crippen molar-refractivity contribution in [2.45, 2.75) is 31.5 Å². The summed E-state index contributed by atoms with van der Waals surface area (Å²) in [5, 5.41) is 9.33. The fourth-order valence-electron chi connectivity index (χ4n) is 3.08. The average molecular weight is 424 g/mol. The number of nitrogens with zero attached hydrogens (tertiary/aromatic N) is 4. The van der Waals surface area contributed by atoms with Crippen molar-refractivity contribution in [2.75, 3.05) is 17.2 Å². The molecule has 0 bridgehead atoms. The topological polar surface area (TPSA) is 94.1 Å². The van der Waals surface area contributed by atoms with E-state index in [1.54, 1.807) is 4.90 Å². The molecule has 0 spiro atoms. The van der Waals surface area contributed by atoms with Crippen LogP contribution in [0.3, 0.4) is 0 Å². The van der Waals surface area contributed by atoms with Crippen LogP contribution in [0, 0.1) is 0 Å². The van der Waals surface area contributed by atoms with Crippen LogP contribution in [0.5, 0.6) is 0 Å². The number of nitrogens with two attached hydrogens (primary N) is 1. The predicted octanol–water partition coefficient (Wildman–Crippen LogP) is 2.89. The molecule has 1 heterocycles. The van der Waals surface area contributed by atoms with E-state index in [0.29, 0.717) is 11.6 Å². The lowest BCUT2D eigenvalue weighted by Crippen LogP contribution is -2.35. The van der Waals surface area contributed by atoms with Gasteiger partial charge in [-0.3, -0.25) is 9.59 Å². The molecular formula is C22H25N5O2S. The Hall–Kier alpha value is -3.13. The maximum atomic E-state index is 12.9. The van der Waals surface area contributed by atoms with Crippen molar-refractivity contribution in [1.82, 2.24) is 14.8 Å². The summed E-state index contributed by atoms with van der Waals surface area (Å²) >= 11 is 1.35. The lowest BCUT2D eigenvalue weighted by Gasteiger charge is -2.22. The van der Waals surface area contributed by atoms with E-state index in [0.717, 1.165) is 23.6 Å². The van der Waals surface area contributed by atoms with E-state index >= 15 is 0 Å². The van der Waals surface area contributed by atoms with Gasteiger partial charge in [0.15, 0.2) is 5.16 Å². The number of carbonyl (C=O) groups is 2. The van der Waals surface area contributed by atoms with E-state index in [4.69, 9.17) is 5.73 Å². The Balaban J connectivity index is 1.69. The number of benzene rings is 2. The van der Waals surface area contributed by atoms with Crippen molar-refractivity contribution >= 4 is 29.3 Å². The quantitative estimate of drug-likeness (QED) is 0.506. The lowest BCUT2D eigenvalue weighted by molar-refractivity contribution is -0.118. The first-order valence-corrected chi connectivity index (χ1v) is 10.8. The highest BCUT2D eigenvalue weighted by atomic mass is 32.2. The third-order valence-corrected chi connectivity index (χ3v) is 5.54. The zero-order valence-electron chi connectivity index (χ0n) is 16.9. The number of para-hydroxylation sites is 1. The number of hydrogen-bond acceptors (Lipinski definition) is 5. The first kappa shape index (κ1) is 21.6. The summed E-state index contributed by atoms with van der Waals surface area (Å²) in [6.07, 6.45) is 0.794. The molecule has 1 aromatic heterocycles. The number of anilines is 1. The van der Waals surface area contributed by atoms with Crippen molar-refractivity contribution in [3.63, 3.8) is 0 Å². The van der Waals surface area contributed by atoms with Crippen molar-refractivity contribution in [1.29, 1.82) is 0 Å². The summed E-state index contributed by atoms with van der Waals surface area (Å²) in [5.41, 5.74) is 7.19. The average Bonchev–Trinajstić information content (AvgIpc) is 3.15. The number of rotatable bonds is 10. The largest absolute Gasteiger partial charge is 0.370 e. The molecule has 2 N–H and O–H groups in total. The normalized spacial score (nSPS) is 10.7. The monoisotopic (exact) mass is 423 g/mol. The summed E-state index contributed by atoms with van der Waals surface area (Å²) < 4.78 is 2.03. The van der Waals surface area contributed by atoms with Crippen LogP contribution in [0.25, 0.3) is 0 Å². The standard InChI is InChI=1S/C22H25N5O2S/c1-2-26-20(15-17-9-5-3-6-10-17)24-25-22(26)30-16-21(29)27(14-13-19(23)28)18-11-7-4-8-12-18/h3-12H,2,13-16H2,1H3,(H2,23,28). The summed E-state index contributed by atoms with van der Waals surface area (Å²) in [5.74, 6) is 0.514. The van der Waals surface area contributed by atoms with Gasteiger partial charge in [-0.05, 0) is 24.6 Å². The third-order valence-electron chi connectivity index (χ3n) is 4.59. The van der Waals surface area contributed by atoms with Gasteiger partial charge < -0.3 is 15.2 Å². The van der Waals surface area contributed by atoms with Crippen LogP contribution in [-0.2, 0) is 22.6 Å². The molecule has 0 unspecified atom stereocenters. The van der Waals surface area contributed by atoms with E-state index in [-0.39, 0.29) is 24.6 Å². The van der Waals surface area contributed by atoms with Gasteiger partial charge in [-0.15, -0.1) is 10.2 Å². The van der Waals surface area contributed by atoms with Crippen LogP contribution in [-0.4, -0.2) is 38.9 Å². The molecule has 2 aromatic carbocycles. The Kier molecular flexibility index (Phi) is 7.62.